The third-order valence-corrected chi connectivity index (χ3v) is 5.93. The Balaban J connectivity index is 1.68. The molecule has 1 aromatic carbocycles. The summed E-state index contributed by atoms with van der Waals surface area (Å²) in [7, 11) is 5.35. The van der Waals surface area contributed by atoms with E-state index >= 15 is 0 Å². The Morgan fingerprint density at radius 2 is 1.90 bits per heavy atom. The average Bonchev–Trinajstić information content (AvgIpc) is 3.32. The number of hydrogen-bond acceptors (Lipinski definition) is 3. The lowest BCUT2D eigenvalue weighted by Crippen LogP contribution is -2.45. The van der Waals surface area contributed by atoms with Crippen LogP contribution in [0.3, 0.4) is 0 Å². The summed E-state index contributed by atoms with van der Waals surface area (Å²) in [6.45, 7) is 0.741. The summed E-state index contributed by atoms with van der Waals surface area (Å²) in [5.74, 6) is 0.946. The quantitative estimate of drug-likeness (QED) is 0.565. The number of likely N-dealkylation sites (tertiary alicyclic amines) is 1. The summed E-state index contributed by atoms with van der Waals surface area (Å²) in [5, 5.41) is 6.89. The van der Waals surface area contributed by atoms with E-state index in [4.69, 9.17) is 0 Å². The summed E-state index contributed by atoms with van der Waals surface area (Å²) in [5.41, 5.74) is 1.15. The lowest BCUT2D eigenvalue weighted by atomic mass is 9.93. The SMILES string of the molecule is CN(C)C(=O)CN=C(NCC1CC(=O)N(C)C1c1ccccc1)NC1CCCC1. The van der Waals surface area contributed by atoms with E-state index in [0.29, 0.717) is 25.0 Å². The summed E-state index contributed by atoms with van der Waals surface area (Å²) >= 11 is 0. The molecule has 7 nitrogen and oxygen atoms in total. The first-order valence-corrected chi connectivity index (χ1v) is 10.5. The van der Waals surface area contributed by atoms with E-state index in [-0.39, 0.29) is 30.3 Å². The number of carbonyl (C=O) groups excluding carboxylic acids is 2. The van der Waals surface area contributed by atoms with Gasteiger partial charge < -0.3 is 20.4 Å². The predicted octanol–water partition coefficient (Wildman–Crippen LogP) is 1.77. The molecule has 0 radical (unpaired) electrons. The second-order valence-electron chi connectivity index (χ2n) is 8.28. The summed E-state index contributed by atoms with van der Waals surface area (Å²) < 4.78 is 0. The van der Waals surface area contributed by atoms with Crippen LogP contribution in [0.2, 0.25) is 0 Å². The predicted molar refractivity (Wildman–Crippen MR) is 114 cm³/mol. The van der Waals surface area contributed by atoms with Gasteiger partial charge in [0.05, 0.1) is 6.04 Å². The number of likely N-dealkylation sites (N-methyl/N-ethyl adjacent to an activating group) is 1. The largest absolute Gasteiger partial charge is 0.356 e. The van der Waals surface area contributed by atoms with Crippen molar-refractivity contribution in [1.82, 2.24) is 20.4 Å². The molecule has 29 heavy (non-hydrogen) atoms. The van der Waals surface area contributed by atoms with Crippen molar-refractivity contribution in [1.29, 1.82) is 0 Å². The summed E-state index contributed by atoms with van der Waals surface area (Å²) in [6.07, 6.45) is 5.20. The second-order valence-corrected chi connectivity index (χ2v) is 8.28. The highest BCUT2D eigenvalue weighted by Gasteiger charge is 2.38. The molecule has 2 atom stereocenters. The number of nitrogens with one attached hydrogen (secondary N) is 2. The monoisotopic (exact) mass is 399 g/mol. The molecule has 2 fully saturated rings. The van der Waals surface area contributed by atoms with Crippen molar-refractivity contribution < 1.29 is 9.59 Å². The van der Waals surface area contributed by atoms with E-state index in [0.717, 1.165) is 18.4 Å². The second kappa shape index (κ2) is 9.76. The lowest BCUT2D eigenvalue weighted by Gasteiger charge is -2.26. The van der Waals surface area contributed by atoms with E-state index in [2.05, 4.69) is 27.8 Å². The van der Waals surface area contributed by atoms with Crippen LogP contribution in [-0.4, -0.2) is 67.8 Å². The van der Waals surface area contributed by atoms with Crippen LogP contribution in [0.4, 0.5) is 0 Å². The first-order chi connectivity index (χ1) is 14.0. The molecule has 1 aromatic rings. The average molecular weight is 400 g/mol. The van der Waals surface area contributed by atoms with Gasteiger partial charge in [-0.1, -0.05) is 43.2 Å². The van der Waals surface area contributed by atoms with E-state index in [1.807, 2.05) is 30.1 Å². The van der Waals surface area contributed by atoms with Gasteiger partial charge in [-0.25, -0.2) is 4.99 Å². The van der Waals surface area contributed by atoms with Gasteiger partial charge in [0.25, 0.3) is 0 Å². The minimum absolute atomic E-state index is 0.0320. The van der Waals surface area contributed by atoms with E-state index < -0.39 is 0 Å². The molecule has 3 rings (SSSR count). The molecule has 7 heteroatoms. The molecule has 158 valence electrons. The molecule has 1 heterocycles. The van der Waals surface area contributed by atoms with Crippen molar-refractivity contribution in [3.05, 3.63) is 35.9 Å². The van der Waals surface area contributed by atoms with Crippen molar-refractivity contribution in [2.24, 2.45) is 10.9 Å². The number of guanidine groups is 1. The number of hydrogen-bond donors (Lipinski definition) is 2. The molecule has 2 unspecified atom stereocenters. The number of benzene rings is 1. The number of nitrogens with zero attached hydrogens (tertiary/aromatic N) is 3. The van der Waals surface area contributed by atoms with Crippen LogP contribution in [-0.2, 0) is 9.59 Å². The summed E-state index contributed by atoms with van der Waals surface area (Å²) in [6, 6.07) is 10.6. The number of aliphatic imine (C=N–C) groups is 1. The molecular weight excluding hydrogens is 366 g/mol. The molecule has 1 saturated heterocycles. The van der Waals surface area contributed by atoms with Crippen molar-refractivity contribution in [3.63, 3.8) is 0 Å². The zero-order chi connectivity index (χ0) is 20.8. The van der Waals surface area contributed by atoms with Crippen LogP contribution in [0, 0.1) is 5.92 Å². The van der Waals surface area contributed by atoms with Gasteiger partial charge in [0.15, 0.2) is 5.96 Å². The van der Waals surface area contributed by atoms with Crippen LogP contribution in [0.1, 0.15) is 43.7 Å². The molecule has 2 aliphatic rings. The maximum atomic E-state index is 12.4. The van der Waals surface area contributed by atoms with Gasteiger partial charge in [-0.15, -0.1) is 0 Å². The highest BCUT2D eigenvalue weighted by Crippen LogP contribution is 2.36. The van der Waals surface area contributed by atoms with Crippen LogP contribution in [0.15, 0.2) is 35.3 Å². The smallest absolute Gasteiger partial charge is 0.243 e. The highest BCUT2D eigenvalue weighted by molar-refractivity contribution is 5.85. The zero-order valence-electron chi connectivity index (χ0n) is 17.7. The Bertz CT molecular complexity index is 728. The highest BCUT2D eigenvalue weighted by atomic mass is 16.2. The minimum Gasteiger partial charge on any atom is -0.356 e. The van der Waals surface area contributed by atoms with Gasteiger partial charge in [0, 0.05) is 46.1 Å². The molecule has 0 bridgehead atoms. The van der Waals surface area contributed by atoms with Gasteiger partial charge >= 0.3 is 0 Å². The molecule has 2 N–H and O–H groups in total. The molecule has 0 aromatic heterocycles. The van der Waals surface area contributed by atoms with Gasteiger partial charge in [-0.05, 0) is 18.4 Å². The Morgan fingerprint density at radius 1 is 1.21 bits per heavy atom. The minimum atomic E-state index is -0.0320. The van der Waals surface area contributed by atoms with Crippen molar-refractivity contribution in [2.75, 3.05) is 34.2 Å². The van der Waals surface area contributed by atoms with Crippen molar-refractivity contribution in [3.8, 4) is 0 Å². The van der Waals surface area contributed by atoms with Gasteiger partial charge in [-0.2, -0.15) is 0 Å². The fraction of sp³-hybridized carbons (Fsp3) is 0.591. The molecule has 0 spiro atoms. The Kier molecular flexibility index (Phi) is 7.12. The molecule has 1 aliphatic carbocycles. The first-order valence-electron chi connectivity index (χ1n) is 10.5. The van der Waals surface area contributed by atoms with E-state index in [1.54, 1.807) is 19.0 Å². The van der Waals surface area contributed by atoms with Gasteiger partial charge in [0.1, 0.15) is 6.54 Å². The van der Waals surface area contributed by atoms with E-state index in [1.165, 1.54) is 12.8 Å². The van der Waals surface area contributed by atoms with Crippen LogP contribution in [0.5, 0.6) is 0 Å². The third-order valence-electron chi connectivity index (χ3n) is 5.93. The van der Waals surface area contributed by atoms with Crippen LogP contribution < -0.4 is 10.6 Å². The normalized spacial score (nSPS) is 22.8. The van der Waals surface area contributed by atoms with Crippen LogP contribution >= 0.6 is 0 Å². The topological polar surface area (TPSA) is 77.0 Å². The maximum Gasteiger partial charge on any atom is 0.243 e. The number of rotatable bonds is 6. The van der Waals surface area contributed by atoms with Crippen LogP contribution in [0.25, 0.3) is 0 Å². The van der Waals surface area contributed by atoms with Gasteiger partial charge in [0.2, 0.25) is 11.8 Å². The Labute approximate surface area is 173 Å². The van der Waals surface area contributed by atoms with E-state index in [9.17, 15) is 9.59 Å². The third kappa shape index (κ3) is 5.49. The lowest BCUT2D eigenvalue weighted by molar-refractivity contribution is -0.128. The molecular formula is C22H33N5O2. The maximum absolute atomic E-state index is 12.4. The molecule has 2 amide bonds. The van der Waals surface area contributed by atoms with Crippen molar-refractivity contribution >= 4 is 17.8 Å². The molecule has 1 saturated carbocycles. The zero-order valence-corrected chi connectivity index (χ0v) is 17.7. The first kappa shape index (κ1) is 21.1. The number of carbonyl (C=O) groups is 2. The summed E-state index contributed by atoms with van der Waals surface area (Å²) in [4.78, 5) is 32.3. The standard InChI is InChI=1S/C22H33N5O2/c1-26(2)20(29)15-24-22(25-18-11-7-8-12-18)23-14-17-13-19(28)27(3)21(17)16-9-5-4-6-10-16/h4-6,9-10,17-18,21H,7-8,11-15H2,1-3H3,(H2,23,24,25). The fourth-order valence-corrected chi connectivity index (χ4v) is 4.21. The van der Waals surface area contributed by atoms with Crippen molar-refractivity contribution in [2.45, 2.75) is 44.2 Å². The molecule has 1 aliphatic heterocycles. The fourth-order valence-electron chi connectivity index (χ4n) is 4.21. The Morgan fingerprint density at radius 3 is 2.55 bits per heavy atom. The number of amides is 2. The van der Waals surface area contributed by atoms with Gasteiger partial charge in [-0.3, -0.25) is 9.59 Å². The Hall–Kier alpha value is -2.57.